The van der Waals surface area contributed by atoms with Crippen LogP contribution in [0.4, 0.5) is 16.4 Å². The van der Waals surface area contributed by atoms with Crippen LogP contribution in [0.5, 0.6) is 5.75 Å². The highest BCUT2D eigenvalue weighted by Crippen LogP contribution is 2.40. The number of thiophene rings is 1. The maximum atomic E-state index is 11.4. The predicted molar refractivity (Wildman–Crippen MR) is 82.0 cm³/mol. The van der Waals surface area contributed by atoms with Crippen LogP contribution in [0.25, 0.3) is 0 Å². The van der Waals surface area contributed by atoms with Gasteiger partial charge in [0.2, 0.25) is 0 Å². The molecule has 7 heteroatoms. The summed E-state index contributed by atoms with van der Waals surface area (Å²) in [6.45, 7) is 1.39. The summed E-state index contributed by atoms with van der Waals surface area (Å²) in [5, 5.41) is 11.6. The van der Waals surface area contributed by atoms with Crippen LogP contribution in [0.2, 0.25) is 0 Å². The average molecular weight is 306 g/mol. The van der Waals surface area contributed by atoms with Crippen molar-refractivity contribution >= 4 is 33.5 Å². The van der Waals surface area contributed by atoms with E-state index in [0.29, 0.717) is 15.6 Å². The summed E-state index contributed by atoms with van der Waals surface area (Å²) in [6, 6.07) is 8.51. The average Bonchev–Trinajstić information content (AvgIpc) is 2.92. The van der Waals surface area contributed by atoms with Crippen LogP contribution in [0.3, 0.4) is 0 Å². The SMILES string of the molecule is COc1cccc(N(C)c2sc(C(C)=O)cc2[N+](=O)[O-])c1. The number of hydrogen-bond donors (Lipinski definition) is 0. The van der Waals surface area contributed by atoms with Gasteiger partial charge in [0.15, 0.2) is 10.8 Å². The molecule has 2 aromatic rings. The molecule has 0 saturated heterocycles. The summed E-state index contributed by atoms with van der Waals surface area (Å²) in [5.41, 5.74) is 0.671. The summed E-state index contributed by atoms with van der Waals surface area (Å²) in [5.74, 6) is 0.471. The van der Waals surface area contributed by atoms with E-state index in [1.54, 1.807) is 37.3 Å². The van der Waals surface area contributed by atoms with Crippen molar-refractivity contribution in [2.75, 3.05) is 19.1 Å². The Morgan fingerprint density at radius 3 is 2.67 bits per heavy atom. The van der Waals surface area contributed by atoms with Crippen LogP contribution in [0.1, 0.15) is 16.6 Å². The molecule has 0 aliphatic rings. The third-order valence-electron chi connectivity index (χ3n) is 2.98. The maximum absolute atomic E-state index is 11.4. The van der Waals surface area contributed by atoms with Gasteiger partial charge in [-0.3, -0.25) is 14.9 Å². The van der Waals surface area contributed by atoms with Gasteiger partial charge in [0.1, 0.15) is 5.75 Å². The summed E-state index contributed by atoms with van der Waals surface area (Å²) >= 11 is 1.11. The lowest BCUT2D eigenvalue weighted by atomic mass is 10.2. The lowest BCUT2D eigenvalue weighted by Gasteiger charge is -2.17. The van der Waals surface area contributed by atoms with Crippen LogP contribution in [-0.4, -0.2) is 24.9 Å². The van der Waals surface area contributed by atoms with Gasteiger partial charge in [0.25, 0.3) is 0 Å². The Bertz CT molecular complexity index is 696. The van der Waals surface area contributed by atoms with Gasteiger partial charge in [-0.1, -0.05) is 6.07 Å². The molecule has 0 fully saturated rings. The van der Waals surface area contributed by atoms with Gasteiger partial charge in [-0.25, -0.2) is 0 Å². The van der Waals surface area contributed by atoms with Gasteiger partial charge >= 0.3 is 5.69 Å². The first-order chi connectivity index (χ1) is 9.93. The summed E-state index contributed by atoms with van der Waals surface area (Å²) in [4.78, 5) is 24.2. The number of anilines is 2. The molecule has 0 aliphatic carbocycles. The van der Waals surface area contributed by atoms with Crippen LogP contribution < -0.4 is 9.64 Å². The van der Waals surface area contributed by atoms with Gasteiger partial charge in [-0.15, -0.1) is 11.3 Å². The van der Waals surface area contributed by atoms with E-state index in [1.165, 1.54) is 13.0 Å². The molecule has 0 atom stereocenters. The summed E-state index contributed by atoms with van der Waals surface area (Å²) in [7, 11) is 3.28. The van der Waals surface area contributed by atoms with Crippen molar-refractivity contribution in [2.45, 2.75) is 6.92 Å². The van der Waals surface area contributed by atoms with Crippen LogP contribution >= 0.6 is 11.3 Å². The second-order valence-electron chi connectivity index (χ2n) is 4.37. The van der Waals surface area contributed by atoms with E-state index in [1.807, 2.05) is 6.07 Å². The molecule has 0 N–H and O–H groups in total. The van der Waals surface area contributed by atoms with Crippen molar-refractivity contribution in [3.05, 3.63) is 45.3 Å². The minimum absolute atomic E-state index is 0.0736. The van der Waals surface area contributed by atoms with E-state index in [0.717, 1.165) is 17.0 Å². The van der Waals surface area contributed by atoms with Crippen molar-refractivity contribution in [1.29, 1.82) is 0 Å². The minimum Gasteiger partial charge on any atom is -0.497 e. The van der Waals surface area contributed by atoms with E-state index in [4.69, 9.17) is 4.74 Å². The lowest BCUT2D eigenvalue weighted by Crippen LogP contribution is -2.09. The number of carbonyl (C=O) groups excluding carboxylic acids is 1. The fraction of sp³-hybridized carbons (Fsp3) is 0.214. The third-order valence-corrected chi connectivity index (χ3v) is 4.28. The van der Waals surface area contributed by atoms with Crippen molar-refractivity contribution < 1.29 is 14.5 Å². The molecule has 0 aliphatic heterocycles. The molecule has 0 amide bonds. The second-order valence-corrected chi connectivity index (χ2v) is 5.41. The monoisotopic (exact) mass is 306 g/mol. The molecule has 0 bridgehead atoms. The normalized spacial score (nSPS) is 10.2. The fourth-order valence-electron chi connectivity index (χ4n) is 1.85. The molecule has 0 saturated carbocycles. The molecule has 0 unspecified atom stereocenters. The minimum atomic E-state index is -0.477. The number of nitrogens with zero attached hydrogens (tertiary/aromatic N) is 2. The first-order valence-electron chi connectivity index (χ1n) is 6.11. The molecule has 21 heavy (non-hydrogen) atoms. The van der Waals surface area contributed by atoms with Crippen LogP contribution in [-0.2, 0) is 0 Å². The molecule has 1 aromatic carbocycles. The zero-order valence-corrected chi connectivity index (χ0v) is 12.6. The Morgan fingerprint density at radius 2 is 2.10 bits per heavy atom. The number of ketones is 1. The highest BCUT2D eigenvalue weighted by Gasteiger charge is 2.24. The molecular formula is C14H14N2O4S. The third kappa shape index (κ3) is 3.03. The highest BCUT2D eigenvalue weighted by molar-refractivity contribution is 7.18. The first kappa shape index (κ1) is 15.0. The summed E-state index contributed by atoms with van der Waals surface area (Å²) < 4.78 is 5.15. The molecule has 0 spiro atoms. The van der Waals surface area contributed by atoms with Crippen LogP contribution in [0.15, 0.2) is 30.3 Å². The molecule has 0 radical (unpaired) electrons. The second kappa shape index (κ2) is 5.92. The number of rotatable bonds is 5. The largest absolute Gasteiger partial charge is 0.497 e. The van der Waals surface area contributed by atoms with E-state index < -0.39 is 4.92 Å². The number of methoxy groups -OCH3 is 1. The Kier molecular flexibility index (Phi) is 4.23. The number of hydrogen-bond acceptors (Lipinski definition) is 6. The van der Waals surface area contributed by atoms with Gasteiger partial charge in [0, 0.05) is 24.9 Å². The standard InChI is InChI=1S/C14H14N2O4S/c1-9(17)13-8-12(16(18)19)14(21-13)15(2)10-5-4-6-11(7-10)20-3/h4-8H,1-3H3. The first-order valence-corrected chi connectivity index (χ1v) is 6.92. The quantitative estimate of drug-likeness (QED) is 0.479. The van der Waals surface area contributed by atoms with Crippen molar-refractivity contribution in [2.24, 2.45) is 0 Å². The zero-order valence-electron chi connectivity index (χ0n) is 11.8. The van der Waals surface area contributed by atoms with Gasteiger partial charge < -0.3 is 9.64 Å². The zero-order chi connectivity index (χ0) is 15.6. The molecule has 6 nitrogen and oxygen atoms in total. The predicted octanol–water partition coefficient (Wildman–Crippen LogP) is 3.64. The van der Waals surface area contributed by atoms with Crippen molar-refractivity contribution in [3.8, 4) is 5.75 Å². The smallest absolute Gasteiger partial charge is 0.304 e. The number of benzene rings is 1. The Hall–Kier alpha value is -2.41. The van der Waals surface area contributed by atoms with E-state index in [2.05, 4.69) is 0 Å². The van der Waals surface area contributed by atoms with Crippen LogP contribution in [0, 0.1) is 10.1 Å². The molecule has 1 aromatic heterocycles. The van der Waals surface area contributed by atoms with E-state index in [9.17, 15) is 14.9 Å². The Morgan fingerprint density at radius 1 is 1.38 bits per heavy atom. The van der Waals surface area contributed by atoms with E-state index in [-0.39, 0.29) is 11.5 Å². The molecular weight excluding hydrogens is 292 g/mol. The topological polar surface area (TPSA) is 72.7 Å². The van der Waals surface area contributed by atoms with Gasteiger partial charge in [-0.05, 0) is 19.1 Å². The number of ether oxygens (including phenoxy) is 1. The Balaban J connectivity index is 2.48. The molecule has 110 valence electrons. The molecule has 2 rings (SSSR count). The van der Waals surface area contributed by atoms with Crippen molar-refractivity contribution in [1.82, 2.24) is 0 Å². The van der Waals surface area contributed by atoms with Gasteiger partial charge in [-0.2, -0.15) is 0 Å². The molecule has 1 heterocycles. The Labute approximate surface area is 125 Å². The highest BCUT2D eigenvalue weighted by atomic mass is 32.1. The fourth-order valence-corrected chi connectivity index (χ4v) is 2.86. The number of nitro groups is 1. The maximum Gasteiger partial charge on any atom is 0.304 e. The van der Waals surface area contributed by atoms with E-state index >= 15 is 0 Å². The van der Waals surface area contributed by atoms with Gasteiger partial charge in [0.05, 0.1) is 16.9 Å². The number of carbonyl (C=O) groups is 1. The van der Waals surface area contributed by atoms with Crippen molar-refractivity contribution in [3.63, 3.8) is 0 Å². The lowest BCUT2D eigenvalue weighted by molar-refractivity contribution is -0.383. The number of Topliss-reactive ketones (excluding diaryl/α,β-unsaturated/α-hetero) is 1. The summed E-state index contributed by atoms with van der Waals surface area (Å²) in [6.07, 6.45) is 0.